The van der Waals surface area contributed by atoms with Gasteiger partial charge in [0.25, 0.3) is 6.71 Å². The molecule has 0 atom stereocenters. The molecule has 3 heterocycles. The number of benzene rings is 7. The summed E-state index contributed by atoms with van der Waals surface area (Å²) in [6.45, 7) is 26.6. The van der Waals surface area contributed by atoms with Crippen LogP contribution in [-0.4, -0.2) is 6.71 Å². The molecule has 1 aromatic heterocycles. The molecule has 0 fully saturated rings. The molecule has 64 heavy (non-hydrogen) atoms. The third-order valence-corrected chi connectivity index (χ3v) is 15.8. The van der Waals surface area contributed by atoms with Gasteiger partial charge in [-0.3, -0.25) is 0 Å². The van der Waals surface area contributed by atoms with Crippen molar-refractivity contribution in [1.29, 1.82) is 0 Å². The molecule has 0 radical (unpaired) electrons. The zero-order valence-corrected chi connectivity index (χ0v) is 39.5. The van der Waals surface area contributed by atoms with E-state index in [-0.39, 0.29) is 33.8 Å². The Morgan fingerprint density at radius 1 is 0.453 bits per heavy atom. The largest absolute Gasteiger partial charge is 0.456 e. The lowest BCUT2D eigenvalue weighted by atomic mass is 9.33. The Morgan fingerprint density at radius 2 is 0.922 bits per heavy atom. The second kappa shape index (κ2) is 12.8. The molecule has 7 aromatic carbocycles. The highest BCUT2D eigenvalue weighted by Gasteiger charge is 2.50. The number of furan rings is 1. The molecular formula is C60H59BN2O. The van der Waals surface area contributed by atoms with Crippen LogP contribution in [0.15, 0.2) is 138 Å². The SMILES string of the molecule is CC(C)(C)c1ccc(N2c3cc4c(cc3B3c5cc6c(cc5N(c5ccc(-c7ccc8c(c7)oc7ccccc78)cc5)c5cccc2c53)C(C)(C)CC6(C)C)C(C)(C)CC4(C)C)cc1. The molecule has 12 rings (SSSR count). The van der Waals surface area contributed by atoms with Gasteiger partial charge in [0.2, 0.25) is 0 Å². The molecule has 0 unspecified atom stereocenters. The van der Waals surface area contributed by atoms with Crippen molar-refractivity contribution in [2.45, 2.75) is 116 Å². The topological polar surface area (TPSA) is 19.6 Å². The number of nitrogens with zero attached hydrogens (tertiary/aromatic N) is 2. The predicted molar refractivity (Wildman–Crippen MR) is 273 cm³/mol. The van der Waals surface area contributed by atoms with Gasteiger partial charge in [0, 0.05) is 44.9 Å². The number of hydrogen-bond acceptors (Lipinski definition) is 3. The normalized spacial score (nSPS) is 18.2. The Labute approximate surface area is 380 Å². The predicted octanol–water partition coefficient (Wildman–Crippen LogP) is 14.6. The molecule has 0 saturated heterocycles. The highest BCUT2D eigenvalue weighted by atomic mass is 16.3. The minimum absolute atomic E-state index is 0.0533. The Bertz CT molecular complexity index is 3260. The van der Waals surface area contributed by atoms with E-state index in [4.69, 9.17) is 4.42 Å². The van der Waals surface area contributed by atoms with E-state index in [0.717, 1.165) is 40.3 Å². The maximum Gasteiger partial charge on any atom is 0.252 e. The van der Waals surface area contributed by atoms with Crippen LogP contribution in [0.5, 0.6) is 0 Å². The average molecular weight is 835 g/mol. The van der Waals surface area contributed by atoms with Crippen molar-refractivity contribution < 1.29 is 4.42 Å². The summed E-state index contributed by atoms with van der Waals surface area (Å²) < 4.78 is 6.34. The Kier molecular flexibility index (Phi) is 7.94. The molecule has 0 bridgehead atoms. The smallest absolute Gasteiger partial charge is 0.252 e. The lowest BCUT2D eigenvalue weighted by Crippen LogP contribution is -2.61. The van der Waals surface area contributed by atoms with Gasteiger partial charge in [-0.15, -0.1) is 0 Å². The molecular weight excluding hydrogens is 775 g/mol. The minimum atomic E-state index is 0.0533. The molecule has 0 amide bonds. The maximum absolute atomic E-state index is 6.34. The number of fused-ring (bicyclic) bond motifs is 9. The van der Waals surface area contributed by atoms with E-state index in [1.165, 1.54) is 83.9 Å². The average Bonchev–Trinajstić information content (AvgIpc) is 3.77. The second-order valence-corrected chi connectivity index (χ2v) is 23.3. The summed E-state index contributed by atoms with van der Waals surface area (Å²) >= 11 is 0. The van der Waals surface area contributed by atoms with Crippen molar-refractivity contribution in [3.8, 4) is 11.1 Å². The van der Waals surface area contributed by atoms with E-state index in [2.05, 4.69) is 213 Å². The number of hydrogen-bond donors (Lipinski definition) is 0. The Hall–Kier alpha value is -6.00. The summed E-state index contributed by atoms with van der Waals surface area (Å²) in [5.74, 6) is 0. The van der Waals surface area contributed by atoms with Crippen LogP contribution >= 0.6 is 0 Å². The van der Waals surface area contributed by atoms with Gasteiger partial charge in [-0.25, -0.2) is 0 Å². The van der Waals surface area contributed by atoms with Gasteiger partial charge in [-0.1, -0.05) is 143 Å². The zero-order valence-electron chi connectivity index (χ0n) is 39.5. The fourth-order valence-corrected chi connectivity index (χ4v) is 13.2. The first-order valence-corrected chi connectivity index (χ1v) is 23.5. The highest BCUT2D eigenvalue weighted by molar-refractivity contribution is 7.00. The molecule has 318 valence electrons. The Balaban J connectivity index is 1.10. The van der Waals surface area contributed by atoms with Crippen molar-refractivity contribution in [2.75, 3.05) is 9.80 Å². The van der Waals surface area contributed by atoms with Crippen LogP contribution < -0.4 is 26.2 Å². The van der Waals surface area contributed by atoms with Crippen LogP contribution in [0, 0.1) is 0 Å². The number of rotatable bonds is 3. The Morgan fingerprint density at radius 3 is 1.45 bits per heavy atom. The van der Waals surface area contributed by atoms with Gasteiger partial charge < -0.3 is 14.2 Å². The molecule has 2 aliphatic heterocycles. The van der Waals surface area contributed by atoms with Crippen molar-refractivity contribution in [2.24, 2.45) is 0 Å². The van der Waals surface area contributed by atoms with Gasteiger partial charge in [-0.05, 0) is 162 Å². The first-order valence-electron chi connectivity index (χ1n) is 23.5. The molecule has 4 heteroatoms. The van der Waals surface area contributed by atoms with Gasteiger partial charge >= 0.3 is 0 Å². The van der Waals surface area contributed by atoms with Crippen LogP contribution in [-0.2, 0) is 27.1 Å². The summed E-state index contributed by atoms with van der Waals surface area (Å²) in [6, 6.07) is 51.2. The van der Waals surface area contributed by atoms with Crippen LogP contribution in [0.1, 0.15) is 117 Å². The van der Waals surface area contributed by atoms with Gasteiger partial charge in [0.05, 0.1) is 0 Å². The molecule has 2 aliphatic carbocycles. The van der Waals surface area contributed by atoms with E-state index in [1.807, 2.05) is 6.07 Å². The number of anilines is 6. The number of para-hydroxylation sites is 1. The first-order chi connectivity index (χ1) is 30.3. The van der Waals surface area contributed by atoms with Crippen LogP contribution in [0.2, 0.25) is 0 Å². The molecule has 8 aromatic rings. The second-order valence-electron chi connectivity index (χ2n) is 23.3. The van der Waals surface area contributed by atoms with Gasteiger partial charge in [-0.2, -0.15) is 0 Å². The van der Waals surface area contributed by atoms with Crippen LogP contribution in [0.25, 0.3) is 33.1 Å². The summed E-state index contributed by atoms with van der Waals surface area (Å²) in [7, 11) is 0. The lowest BCUT2D eigenvalue weighted by Gasteiger charge is -2.45. The zero-order chi connectivity index (χ0) is 44.5. The molecule has 0 saturated carbocycles. The molecule has 0 spiro atoms. The maximum atomic E-state index is 6.34. The lowest BCUT2D eigenvalue weighted by molar-refractivity contribution is 0.403. The fourth-order valence-electron chi connectivity index (χ4n) is 13.2. The standard InChI is InChI=1S/C60H59BN2O/c1-56(2,3)38-22-26-40(27-23-38)63-50-17-14-16-49-55(50)61(48-31-44-46(33-52(48)63)60(10,11)35-58(44,6)7)47-30-43-45(59(8,9)34-57(43,4)5)32-51(47)62(49)39-24-19-36(20-25-39)37-21-28-42-41-15-12-13-18-53(41)64-54(42)29-37/h12-33H,34-35H2,1-11H3. The van der Waals surface area contributed by atoms with Gasteiger partial charge in [0.1, 0.15) is 11.2 Å². The first kappa shape index (κ1) is 39.6. The summed E-state index contributed by atoms with van der Waals surface area (Å²) in [5.41, 5.74) is 23.5. The summed E-state index contributed by atoms with van der Waals surface area (Å²) in [6.07, 6.45) is 2.25. The minimum Gasteiger partial charge on any atom is -0.456 e. The van der Waals surface area contributed by atoms with E-state index >= 15 is 0 Å². The summed E-state index contributed by atoms with van der Waals surface area (Å²) in [4.78, 5) is 5.19. The van der Waals surface area contributed by atoms with Crippen molar-refractivity contribution in [3.63, 3.8) is 0 Å². The van der Waals surface area contributed by atoms with Crippen LogP contribution in [0.4, 0.5) is 34.1 Å². The molecule has 3 nitrogen and oxygen atoms in total. The molecule has 4 aliphatic rings. The van der Waals surface area contributed by atoms with Crippen molar-refractivity contribution >= 4 is 79.2 Å². The van der Waals surface area contributed by atoms with E-state index < -0.39 is 0 Å². The highest BCUT2D eigenvalue weighted by Crippen LogP contribution is 2.55. The van der Waals surface area contributed by atoms with Crippen molar-refractivity contribution in [1.82, 2.24) is 0 Å². The van der Waals surface area contributed by atoms with Gasteiger partial charge in [0.15, 0.2) is 0 Å². The third-order valence-electron chi connectivity index (χ3n) is 15.8. The van der Waals surface area contributed by atoms with Crippen molar-refractivity contribution in [3.05, 3.63) is 161 Å². The van der Waals surface area contributed by atoms with E-state index in [9.17, 15) is 0 Å². The quantitative estimate of drug-likeness (QED) is 0.165. The van der Waals surface area contributed by atoms with E-state index in [1.54, 1.807) is 0 Å². The van der Waals surface area contributed by atoms with E-state index in [0.29, 0.717) is 0 Å². The summed E-state index contributed by atoms with van der Waals surface area (Å²) in [5, 5.41) is 2.31. The molecule has 0 N–H and O–H groups in total. The van der Waals surface area contributed by atoms with Crippen LogP contribution in [0.3, 0.4) is 0 Å². The fraction of sp³-hybridized carbons (Fsp3) is 0.300. The third kappa shape index (κ3) is 5.60. The monoisotopic (exact) mass is 834 g/mol.